The molecule has 11 heteroatoms. The normalized spacial score (nSPS) is 17.4. The summed E-state index contributed by atoms with van der Waals surface area (Å²) in [6, 6.07) is 3.72. The molecule has 2 saturated heterocycles. The van der Waals surface area contributed by atoms with E-state index in [0.29, 0.717) is 65.6 Å². The molecule has 2 aromatic rings. The van der Waals surface area contributed by atoms with Crippen LogP contribution in [0.4, 0.5) is 10.6 Å². The van der Waals surface area contributed by atoms with Gasteiger partial charge >= 0.3 is 6.09 Å². The molecule has 0 saturated carbocycles. The van der Waals surface area contributed by atoms with Crippen LogP contribution in [-0.4, -0.2) is 74.8 Å². The number of ether oxygens (including phenoxy) is 1. The molecule has 198 valence electrons. The van der Waals surface area contributed by atoms with Crippen LogP contribution >= 0.6 is 24.0 Å². The Kier molecular flexibility index (Phi) is 8.86. The van der Waals surface area contributed by atoms with Gasteiger partial charge in [0, 0.05) is 38.9 Å². The minimum absolute atomic E-state index is 0.168. The number of thioether (sulfide) groups is 1. The molecule has 4 rings (SSSR count). The number of pyridine rings is 1. The van der Waals surface area contributed by atoms with Gasteiger partial charge in [0.1, 0.15) is 15.8 Å². The Morgan fingerprint density at radius 1 is 1.14 bits per heavy atom. The number of aryl methyl sites for hydroxylation is 1. The monoisotopic (exact) mass is 543 g/mol. The van der Waals surface area contributed by atoms with Gasteiger partial charge in [0.2, 0.25) is 0 Å². The highest BCUT2D eigenvalue weighted by molar-refractivity contribution is 8.26. The molecule has 0 spiro atoms. The molecule has 0 unspecified atom stereocenters. The van der Waals surface area contributed by atoms with Gasteiger partial charge in [-0.05, 0) is 38.0 Å². The van der Waals surface area contributed by atoms with Crippen molar-refractivity contribution >= 4 is 57.8 Å². The van der Waals surface area contributed by atoms with E-state index in [1.165, 1.54) is 16.2 Å². The van der Waals surface area contributed by atoms with E-state index in [1.54, 1.807) is 29.0 Å². The summed E-state index contributed by atoms with van der Waals surface area (Å²) in [5.41, 5.74) is 1.56. The van der Waals surface area contributed by atoms with E-state index in [0.717, 1.165) is 31.2 Å². The van der Waals surface area contributed by atoms with Crippen LogP contribution in [0.2, 0.25) is 0 Å². The lowest BCUT2D eigenvalue weighted by Gasteiger charge is -2.35. The van der Waals surface area contributed by atoms with Crippen LogP contribution in [0.5, 0.6) is 0 Å². The molecular formula is C26H33N5O4S2. The number of nitrogens with zero attached hydrogens (tertiary/aromatic N) is 5. The van der Waals surface area contributed by atoms with Crippen molar-refractivity contribution in [1.29, 1.82) is 0 Å². The Balaban J connectivity index is 1.67. The van der Waals surface area contributed by atoms with E-state index in [2.05, 4.69) is 6.92 Å². The van der Waals surface area contributed by atoms with E-state index in [-0.39, 0.29) is 17.6 Å². The summed E-state index contributed by atoms with van der Waals surface area (Å²) in [4.78, 5) is 49.6. The second-order valence-corrected chi connectivity index (χ2v) is 10.8. The van der Waals surface area contributed by atoms with Gasteiger partial charge in [-0.2, -0.15) is 0 Å². The SMILES string of the molecule is CCCCCCN1C(=O)C(=Cc2c(N3CCN(C(=O)OCC)CC3)nc3ccc(C)cn3c2=O)SC1=S. The molecule has 0 aliphatic carbocycles. The Morgan fingerprint density at radius 2 is 1.89 bits per heavy atom. The van der Waals surface area contributed by atoms with Gasteiger partial charge in [-0.25, -0.2) is 9.78 Å². The number of anilines is 1. The van der Waals surface area contributed by atoms with Crippen molar-refractivity contribution in [3.05, 3.63) is 44.7 Å². The van der Waals surface area contributed by atoms with Crippen LogP contribution in [0, 0.1) is 6.92 Å². The van der Waals surface area contributed by atoms with Crippen LogP contribution in [0.15, 0.2) is 28.0 Å². The second-order valence-electron chi connectivity index (χ2n) is 9.16. The average molecular weight is 544 g/mol. The maximum atomic E-state index is 13.7. The standard InChI is InChI=1S/C26H33N5O4S2/c1-4-6-7-8-11-30-24(33)20(37-26(30)36)16-19-22(27-21-10-9-18(3)17-31(21)23(19)32)28-12-14-29(15-13-28)25(34)35-5-2/h9-10,16-17H,4-8,11-15H2,1-3H3. The van der Waals surface area contributed by atoms with Gasteiger partial charge in [-0.3, -0.25) is 18.9 Å². The molecule has 2 aliphatic heterocycles. The number of thiocarbonyl (C=S) groups is 1. The Labute approximate surface area is 226 Å². The molecule has 9 nitrogen and oxygen atoms in total. The summed E-state index contributed by atoms with van der Waals surface area (Å²) < 4.78 is 7.16. The van der Waals surface area contributed by atoms with Gasteiger partial charge in [-0.1, -0.05) is 56.2 Å². The minimum Gasteiger partial charge on any atom is -0.450 e. The Morgan fingerprint density at radius 3 is 2.59 bits per heavy atom. The number of fused-ring (bicyclic) bond motifs is 1. The van der Waals surface area contributed by atoms with Gasteiger partial charge in [-0.15, -0.1) is 0 Å². The summed E-state index contributed by atoms with van der Waals surface area (Å²) in [7, 11) is 0. The highest BCUT2D eigenvalue weighted by Crippen LogP contribution is 2.34. The number of hydrogen-bond acceptors (Lipinski definition) is 8. The first-order chi connectivity index (χ1) is 17.8. The van der Waals surface area contributed by atoms with E-state index in [1.807, 2.05) is 24.0 Å². The van der Waals surface area contributed by atoms with Gasteiger partial charge in [0.05, 0.1) is 17.1 Å². The molecule has 2 fully saturated rings. The molecule has 0 aromatic carbocycles. The zero-order valence-electron chi connectivity index (χ0n) is 21.6. The molecule has 37 heavy (non-hydrogen) atoms. The van der Waals surface area contributed by atoms with Crippen molar-refractivity contribution in [1.82, 2.24) is 19.2 Å². The quantitative estimate of drug-likeness (QED) is 0.280. The zero-order chi connectivity index (χ0) is 26.5. The lowest BCUT2D eigenvalue weighted by atomic mass is 10.2. The van der Waals surface area contributed by atoms with E-state index >= 15 is 0 Å². The first kappa shape index (κ1) is 27.1. The number of aromatic nitrogens is 2. The summed E-state index contributed by atoms with van der Waals surface area (Å²) >= 11 is 6.73. The molecule has 0 atom stereocenters. The molecule has 0 N–H and O–H groups in total. The third-order valence-electron chi connectivity index (χ3n) is 6.47. The van der Waals surface area contributed by atoms with Gasteiger partial charge < -0.3 is 14.5 Å². The smallest absolute Gasteiger partial charge is 0.409 e. The Bertz CT molecular complexity index is 1280. The van der Waals surface area contributed by atoms with E-state index in [4.69, 9.17) is 21.9 Å². The predicted octanol–water partition coefficient (Wildman–Crippen LogP) is 4.06. The Hall–Kier alpha value is -2.92. The summed E-state index contributed by atoms with van der Waals surface area (Å²) in [5, 5.41) is 0. The highest BCUT2D eigenvalue weighted by Gasteiger charge is 2.33. The zero-order valence-corrected chi connectivity index (χ0v) is 23.2. The molecule has 2 amide bonds. The van der Waals surface area contributed by atoms with Crippen molar-refractivity contribution in [2.24, 2.45) is 0 Å². The first-order valence-electron chi connectivity index (χ1n) is 12.8. The fraction of sp³-hybridized carbons (Fsp3) is 0.500. The number of amides is 2. The third-order valence-corrected chi connectivity index (χ3v) is 7.85. The largest absolute Gasteiger partial charge is 0.450 e. The number of carbonyl (C=O) groups excluding carboxylic acids is 2. The molecular weight excluding hydrogens is 510 g/mol. The average Bonchev–Trinajstić information content (AvgIpc) is 3.16. The van der Waals surface area contributed by atoms with Crippen LogP contribution < -0.4 is 10.5 Å². The number of piperazine rings is 1. The lowest BCUT2D eigenvalue weighted by Crippen LogP contribution is -2.49. The van der Waals surface area contributed by atoms with Crippen LogP contribution in [0.3, 0.4) is 0 Å². The van der Waals surface area contributed by atoms with Crippen LogP contribution in [0.1, 0.15) is 50.7 Å². The molecule has 0 bridgehead atoms. The van der Waals surface area contributed by atoms with Crippen molar-refractivity contribution in [2.75, 3.05) is 44.2 Å². The maximum Gasteiger partial charge on any atom is 0.409 e. The van der Waals surface area contributed by atoms with E-state index in [9.17, 15) is 14.4 Å². The minimum atomic E-state index is -0.341. The van der Waals surface area contributed by atoms with Gasteiger partial charge in [0.25, 0.3) is 11.5 Å². The van der Waals surface area contributed by atoms with Crippen LogP contribution in [0.25, 0.3) is 11.7 Å². The second kappa shape index (κ2) is 12.1. The fourth-order valence-electron chi connectivity index (χ4n) is 4.45. The molecule has 2 aliphatic rings. The molecule has 4 heterocycles. The lowest BCUT2D eigenvalue weighted by molar-refractivity contribution is -0.122. The van der Waals surface area contributed by atoms with Crippen molar-refractivity contribution in [3.8, 4) is 0 Å². The van der Waals surface area contributed by atoms with Crippen molar-refractivity contribution < 1.29 is 14.3 Å². The van der Waals surface area contributed by atoms with Crippen LogP contribution in [-0.2, 0) is 9.53 Å². The summed E-state index contributed by atoms with van der Waals surface area (Å²) in [6.07, 6.45) is 7.23. The first-order valence-corrected chi connectivity index (χ1v) is 14.0. The molecule has 0 radical (unpaired) electrons. The predicted molar refractivity (Wildman–Crippen MR) is 151 cm³/mol. The molecule has 2 aromatic heterocycles. The number of unbranched alkanes of at least 4 members (excludes halogenated alkanes) is 3. The highest BCUT2D eigenvalue weighted by atomic mass is 32.2. The van der Waals surface area contributed by atoms with Crippen molar-refractivity contribution in [3.63, 3.8) is 0 Å². The number of hydrogen-bond donors (Lipinski definition) is 0. The van der Waals surface area contributed by atoms with Crippen molar-refractivity contribution in [2.45, 2.75) is 46.5 Å². The van der Waals surface area contributed by atoms with E-state index < -0.39 is 0 Å². The topological polar surface area (TPSA) is 87.5 Å². The van der Waals surface area contributed by atoms with Gasteiger partial charge in [0.15, 0.2) is 0 Å². The maximum absolute atomic E-state index is 13.7. The summed E-state index contributed by atoms with van der Waals surface area (Å²) in [6.45, 7) is 8.63. The number of carbonyl (C=O) groups is 2. The third kappa shape index (κ3) is 5.98. The number of rotatable bonds is 8. The fourth-order valence-corrected chi connectivity index (χ4v) is 5.74. The summed E-state index contributed by atoms with van der Waals surface area (Å²) in [5.74, 6) is 0.337.